The van der Waals surface area contributed by atoms with Crippen molar-refractivity contribution >= 4 is 39.3 Å². The zero-order valence-electron chi connectivity index (χ0n) is 29.2. The average Bonchev–Trinajstić information content (AvgIpc) is 3.71. The van der Waals surface area contributed by atoms with Gasteiger partial charge in [0, 0.05) is 16.3 Å². The van der Waals surface area contributed by atoms with Crippen LogP contribution in [-0.2, 0) is 0 Å². The second-order valence-electron chi connectivity index (χ2n) is 13.6. The molecule has 0 saturated carbocycles. The van der Waals surface area contributed by atoms with Crippen molar-refractivity contribution in [2.24, 2.45) is 0 Å². The molecule has 4 heteroatoms. The van der Waals surface area contributed by atoms with Gasteiger partial charge in [0.2, 0.25) is 0 Å². The Kier molecular flexibility index (Phi) is 7.41. The van der Waals surface area contributed by atoms with E-state index in [0.717, 1.165) is 66.3 Å². The standard InChI is InChI=1S/C50H32N2O2/c53-49-41-22-13-23-46(48(41)50(54)52(49)47-32-39(35-18-9-3-10-19-35)24-27-40(47)36-20-11-4-12-21-36)51-44-28-25-37(33-14-5-1-6-15-33)30-42(44)43-31-38(26-29-45(43)51)34-16-7-2-8-17-34/h1-32H. The molecule has 8 aromatic carbocycles. The van der Waals surface area contributed by atoms with Crippen LogP contribution in [0.2, 0.25) is 0 Å². The summed E-state index contributed by atoms with van der Waals surface area (Å²) in [5, 5.41) is 2.13. The van der Waals surface area contributed by atoms with Crippen molar-refractivity contribution in [1.82, 2.24) is 4.57 Å². The number of nitrogens with zero attached hydrogens (tertiary/aromatic N) is 2. The van der Waals surface area contributed by atoms with Gasteiger partial charge in [-0.1, -0.05) is 152 Å². The lowest BCUT2D eigenvalue weighted by Gasteiger charge is -2.20. The van der Waals surface area contributed by atoms with E-state index in [0.29, 0.717) is 22.5 Å². The molecule has 0 N–H and O–H groups in total. The minimum absolute atomic E-state index is 0.335. The van der Waals surface area contributed by atoms with Crippen molar-refractivity contribution in [3.05, 3.63) is 205 Å². The molecule has 0 bridgehead atoms. The fraction of sp³-hybridized carbons (Fsp3) is 0. The van der Waals surface area contributed by atoms with Gasteiger partial charge in [-0.2, -0.15) is 0 Å². The Bertz CT molecular complexity index is 2800. The van der Waals surface area contributed by atoms with Gasteiger partial charge in [-0.15, -0.1) is 0 Å². The van der Waals surface area contributed by atoms with Crippen LogP contribution in [0.4, 0.5) is 5.69 Å². The van der Waals surface area contributed by atoms with Gasteiger partial charge in [-0.05, 0) is 81.4 Å². The summed E-state index contributed by atoms with van der Waals surface area (Å²) in [6.45, 7) is 0. The molecule has 0 radical (unpaired) electrons. The minimum Gasteiger partial charge on any atom is -0.308 e. The zero-order chi connectivity index (χ0) is 36.2. The van der Waals surface area contributed by atoms with Crippen LogP contribution in [0.25, 0.3) is 72.0 Å². The molecule has 54 heavy (non-hydrogen) atoms. The number of hydrogen-bond donors (Lipinski definition) is 0. The van der Waals surface area contributed by atoms with E-state index in [2.05, 4.69) is 95.6 Å². The maximum Gasteiger partial charge on any atom is 0.268 e. The minimum atomic E-state index is -0.343. The number of amides is 2. The van der Waals surface area contributed by atoms with Gasteiger partial charge in [-0.3, -0.25) is 9.59 Å². The second-order valence-corrected chi connectivity index (χ2v) is 13.6. The normalized spacial score (nSPS) is 12.5. The van der Waals surface area contributed by atoms with E-state index in [1.807, 2.05) is 97.1 Å². The first kappa shape index (κ1) is 31.4. The van der Waals surface area contributed by atoms with Crippen molar-refractivity contribution < 1.29 is 9.59 Å². The van der Waals surface area contributed by atoms with Crippen molar-refractivity contribution in [3.63, 3.8) is 0 Å². The number of aromatic nitrogens is 1. The summed E-state index contributed by atoms with van der Waals surface area (Å²) < 4.78 is 2.15. The molecule has 254 valence electrons. The highest BCUT2D eigenvalue weighted by Crippen LogP contribution is 2.43. The Hall–Kier alpha value is -7.30. The smallest absolute Gasteiger partial charge is 0.268 e. The molecule has 2 heterocycles. The van der Waals surface area contributed by atoms with Gasteiger partial charge < -0.3 is 4.57 Å². The summed E-state index contributed by atoms with van der Waals surface area (Å²) in [5.41, 5.74) is 12.1. The van der Waals surface area contributed by atoms with Crippen LogP contribution >= 0.6 is 0 Å². The number of anilines is 1. The summed E-state index contributed by atoms with van der Waals surface area (Å²) in [7, 11) is 0. The number of fused-ring (bicyclic) bond motifs is 4. The first-order chi connectivity index (χ1) is 26.6. The third-order valence-electron chi connectivity index (χ3n) is 10.5. The average molecular weight is 693 g/mol. The lowest BCUT2D eigenvalue weighted by atomic mass is 9.97. The Morgan fingerprint density at radius 1 is 0.315 bits per heavy atom. The number of carbonyl (C=O) groups excluding carboxylic acids is 2. The highest BCUT2D eigenvalue weighted by Gasteiger charge is 2.40. The van der Waals surface area contributed by atoms with Crippen LogP contribution in [0.1, 0.15) is 20.7 Å². The van der Waals surface area contributed by atoms with Gasteiger partial charge in [0.1, 0.15) is 0 Å². The Labute approximate surface area is 312 Å². The number of imide groups is 1. The van der Waals surface area contributed by atoms with E-state index in [1.165, 1.54) is 4.90 Å². The summed E-state index contributed by atoms with van der Waals surface area (Å²) in [4.78, 5) is 31.0. The largest absolute Gasteiger partial charge is 0.308 e. The monoisotopic (exact) mass is 692 g/mol. The molecule has 0 spiro atoms. The fourth-order valence-electron chi connectivity index (χ4n) is 7.96. The highest BCUT2D eigenvalue weighted by atomic mass is 16.2. The SMILES string of the molecule is O=C1c2cccc(-n3c4ccc(-c5ccccc5)cc4c4cc(-c5ccccc5)ccc43)c2C(=O)N1c1cc(-c2ccccc2)ccc1-c1ccccc1. The van der Waals surface area contributed by atoms with Crippen molar-refractivity contribution in [1.29, 1.82) is 0 Å². The van der Waals surface area contributed by atoms with E-state index >= 15 is 0 Å². The molecule has 0 saturated heterocycles. The van der Waals surface area contributed by atoms with Crippen LogP contribution in [0.5, 0.6) is 0 Å². The summed E-state index contributed by atoms with van der Waals surface area (Å²) in [6, 6.07) is 65.4. The maximum atomic E-state index is 15.0. The van der Waals surface area contributed by atoms with Crippen LogP contribution in [0.15, 0.2) is 194 Å². The predicted molar refractivity (Wildman–Crippen MR) is 220 cm³/mol. The Morgan fingerprint density at radius 3 is 1.30 bits per heavy atom. The highest BCUT2D eigenvalue weighted by molar-refractivity contribution is 6.36. The summed E-state index contributed by atoms with van der Waals surface area (Å²) in [5.74, 6) is -0.678. The molecule has 0 unspecified atom stereocenters. The van der Waals surface area contributed by atoms with E-state index < -0.39 is 0 Å². The van der Waals surface area contributed by atoms with Gasteiger partial charge in [-0.25, -0.2) is 4.90 Å². The van der Waals surface area contributed by atoms with Gasteiger partial charge in [0.15, 0.2) is 0 Å². The second kappa shape index (κ2) is 12.7. The number of carbonyl (C=O) groups is 2. The zero-order valence-corrected chi connectivity index (χ0v) is 29.2. The Morgan fingerprint density at radius 2 is 0.778 bits per heavy atom. The molecular formula is C50H32N2O2. The van der Waals surface area contributed by atoms with Crippen molar-refractivity contribution in [2.75, 3.05) is 4.90 Å². The molecule has 0 fully saturated rings. The van der Waals surface area contributed by atoms with Crippen LogP contribution in [0.3, 0.4) is 0 Å². The molecule has 0 atom stereocenters. The molecule has 2 amide bonds. The van der Waals surface area contributed by atoms with Crippen LogP contribution in [-0.4, -0.2) is 16.4 Å². The van der Waals surface area contributed by atoms with Crippen LogP contribution in [0, 0.1) is 0 Å². The first-order valence-corrected chi connectivity index (χ1v) is 18.1. The van der Waals surface area contributed by atoms with E-state index in [9.17, 15) is 9.59 Å². The first-order valence-electron chi connectivity index (χ1n) is 18.1. The molecule has 9 aromatic rings. The quantitative estimate of drug-likeness (QED) is 0.163. The van der Waals surface area contributed by atoms with E-state index in [1.54, 1.807) is 6.07 Å². The number of hydrogen-bond acceptors (Lipinski definition) is 2. The van der Waals surface area contributed by atoms with Gasteiger partial charge >= 0.3 is 0 Å². The van der Waals surface area contributed by atoms with Crippen LogP contribution < -0.4 is 4.90 Å². The number of benzene rings is 8. The third kappa shape index (κ3) is 5.07. The molecule has 1 aliphatic heterocycles. The molecule has 10 rings (SSSR count). The van der Waals surface area contributed by atoms with E-state index in [-0.39, 0.29) is 11.8 Å². The molecule has 1 aromatic heterocycles. The predicted octanol–water partition coefficient (Wildman–Crippen LogP) is 12.3. The van der Waals surface area contributed by atoms with Gasteiger partial charge in [0.25, 0.3) is 11.8 Å². The Balaban J connectivity index is 1.18. The number of rotatable bonds is 6. The van der Waals surface area contributed by atoms with Crippen molar-refractivity contribution in [2.45, 2.75) is 0 Å². The maximum absolute atomic E-state index is 15.0. The molecule has 1 aliphatic rings. The lowest BCUT2D eigenvalue weighted by Crippen LogP contribution is -2.30. The molecule has 0 aliphatic carbocycles. The fourth-order valence-corrected chi connectivity index (χ4v) is 7.96. The third-order valence-corrected chi connectivity index (χ3v) is 10.5. The van der Waals surface area contributed by atoms with Crippen molar-refractivity contribution in [3.8, 4) is 50.2 Å². The van der Waals surface area contributed by atoms with Gasteiger partial charge in [0.05, 0.1) is 33.5 Å². The summed E-state index contributed by atoms with van der Waals surface area (Å²) >= 11 is 0. The van der Waals surface area contributed by atoms with E-state index in [4.69, 9.17) is 0 Å². The molecule has 4 nitrogen and oxygen atoms in total. The topological polar surface area (TPSA) is 42.3 Å². The lowest BCUT2D eigenvalue weighted by molar-refractivity contribution is 0.0926. The summed E-state index contributed by atoms with van der Waals surface area (Å²) in [6.07, 6.45) is 0. The molecular weight excluding hydrogens is 661 g/mol.